The number of carbonyl (C=O) groups excluding carboxylic acids is 2. The van der Waals surface area contributed by atoms with Gasteiger partial charge in [-0.2, -0.15) is 0 Å². The third-order valence-corrected chi connectivity index (χ3v) is 5.68. The quantitative estimate of drug-likeness (QED) is 0.779. The second-order valence-corrected chi connectivity index (χ2v) is 7.67. The maximum atomic E-state index is 12.5. The number of carbonyl (C=O) groups is 2. The van der Waals surface area contributed by atoms with Crippen molar-refractivity contribution in [2.24, 2.45) is 0 Å². The van der Waals surface area contributed by atoms with Gasteiger partial charge in [0, 0.05) is 50.4 Å². The van der Waals surface area contributed by atoms with Crippen molar-refractivity contribution in [2.75, 3.05) is 19.6 Å². The van der Waals surface area contributed by atoms with E-state index in [9.17, 15) is 9.59 Å². The molecule has 0 spiro atoms. The molecule has 0 unspecified atom stereocenters. The van der Waals surface area contributed by atoms with E-state index in [0.29, 0.717) is 12.5 Å². The van der Waals surface area contributed by atoms with Crippen molar-refractivity contribution in [1.82, 2.24) is 15.2 Å². The van der Waals surface area contributed by atoms with Gasteiger partial charge in [0.15, 0.2) is 0 Å². The fourth-order valence-corrected chi connectivity index (χ4v) is 4.19. The minimum Gasteiger partial charge on any atom is -0.356 e. The lowest BCUT2D eigenvalue weighted by Gasteiger charge is -2.31. The van der Waals surface area contributed by atoms with Gasteiger partial charge in [-0.25, -0.2) is 4.98 Å². The fourth-order valence-electron chi connectivity index (χ4n) is 3.21. The molecule has 1 aliphatic rings. The highest BCUT2D eigenvalue weighted by atomic mass is 32.1. The Hall–Kier alpha value is -2.47. The first kappa shape index (κ1) is 19.3. The summed E-state index contributed by atoms with van der Waals surface area (Å²) in [7, 11) is 0. The first-order valence-electron chi connectivity index (χ1n) is 9.32. The van der Waals surface area contributed by atoms with E-state index >= 15 is 0 Å². The summed E-state index contributed by atoms with van der Waals surface area (Å²) in [6.07, 6.45) is 6.33. The molecule has 27 heavy (non-hydrogen) atoms. The first-order valence-corrected chi connectivity index (χ1v) is 10.2. The second kappa shape index (κ2) is 9.46. The fraction of sp³-hybridized carbons (Fsp3) is 0.381. The number of thiazole rings is 1. The Labute approximate surface area is 164 Å². The minimum atomic E-state index is -0.0181. The zero-order chi connectivity index (χ0) is 19.1. The normalized spacial score (nSPS) is 17.2. The SMILES string of the molecule is CC(=O)NCCc1csc([C@@H]2CCCN(C(=O)/C=C/c3ccccc3)C2)n1. The molecule has 2 heterocycles. The molecule has 2 aromatic rings. The predicted octanol–water partition coefficient (Wildman–Crippen LogP) is 3.24. The standard InChI is InChI=1S/C21H25N3O2S/c1-16(25)22-12-11-19-15-27-21(23-19)18-8-5-13-24(14-18)20(26)10-9-17-6-3-2-4-7-17/h2-4,6-7,9-10,15,18H,5,8,11-14H2,1H3,(H,22,25)/b10-9+/t18-/m1/s1. The average molecular weight is 384 g/mol. The van der Waals surface area contributed by atoms with Gasteiger partial charge >= 0.3 is 0 Å². The number of amides is 2. The van der Waals surface area contributed by atoms with Gasteiger partial charge < -0.3 is 10.2 Å². The number of nitrogens with one attached hydrogen (secondary N) is 1. The molecular weight excluding hydrogens is 358 g/mol. The molecule has 1 fully saturated rings. The third kappa shape index (κ3) is 5.76. The zero-order valence-corrected chi connectivity index (χ0v) is 16.4. The Bertz CT molecular complexity index is 801. The van der Waals surface area contributed by atoms with Crippen LogP contribution in [0, 0.1) is 0 Å². The van der Waals surface area contributed by atoms with E-state index in [4.69, 9.17) is 4.98 Å². The number of rotatable bonds is 6. The molecule has 5 nitrogen and oxygen atoms in total. The number of hydrogen-bond donors (Lipinski definition) is 1. The molecule has 0 radical (unpaired) electrons. The Morgan fingerprint density at radius 2 is 2.15 bits per heavy atom. The zero-order valence-electron chi connectivity index (χ0n) is 15.6. The molecule has 142 valence electrons. The van der Waals surface area contributed by atoms with Crippen LogP contribution in [0.4, 0.5) is 0 Å². The summed E-state index contributed by atoms with van der Waals surface area (Å²) >= 11 is 1.66. The molecule has 3 rings (SSSR count). The molecule has 0 aliphatic carbocycles. The van der Waals surface area contributed by atoms with Crippen LogP contribution in [-0.2, 0) is 16.0 Å². The molecular formula is C21H25N3O2S. The van der Waals surface area contributed by atoms with Crippen LogP contribution in [0.3, 0.4) is 0 Å². The Balaban J connectivity index is 1.56. The molecule has 1 aromatic heterocycles. The Morgan fingerprint density at radius 3 is 2.93 bits per heavy atom. The number of piperidine rings is 1. The van der Waals surface area contributed by atoms with Crippen molar-refractivity contribution in [3.63, 3.8) is 0 Å². The second-order valence-electron chi connectivity index (χ2n) is 6.78. The van der Waals surface area contributed by atoms with Gasteiger partial charge in [0.2, 0.25) is 11.8 Å². The van der Waals surface area contributed by atoms with Crippen LogP contribution in [-0.4, -0.2) is 41.3 Å². The number of benzene rings is 1. The van der Waals surface area contributed by atoms with Crippen LogP contribution in [0.1, 0.15) is 41.9 Å². The number of hydrogen-bond acceptors (Lipinski definition) is 4. The van der Waals surface area contributed by atoms with E-state index in [1.807, 2.05) is 41.3 Å². The van der Waals surface area contributed by atoms with Crippen molar-refractivity contribution >= 4 is 29.2 Å². The molecule has 0 saturated carbocycles. The molecule has 2 amide bonds. The summed E-state index contributed by atoms with van der Waals surface area (Å²) in [5.74, 6) is 0.341. The third-order valence-electron chi connectivity index (χ3n) is 4.62. The number of likely N-dealkylation sites (tertiary alicyclic amines) is 1. The lowest BCUT2D eigenvalue weighted by atomic mass is 9.98. The van der Waals surface area contributed by atoms with Crippen LogP contribution in [0.25, 0.3) is 6.08 Å². The number of aromatic nitrogens is 1. The summed E-state index contributed by atoms with van der Waals surface area (Å²) in [5.41, 5.74) is 2.04. The van der Waals surface area contributed by atoms with Gasteiger partial charge in [0.25, 0.3) is 0 Å². The van der Waals surface area contributed by atoms with Crippen molar-refractivity contribution in [3.8, 4) is 0 Å². The van der Waals surface area contributed by atoms with Gasteiger partial charge in [-0.1, -0.05) is 30.3 Å². The highest BCUT2D eigenvalue weighted by Gasteiger charge is 2.25. The largest absolute Gasteiger partial charge is 0.356 e. The van der Waals surface area contributed by atoms with Gasteiger partial charge in [0.1, 0.15) is 0 Å². The van der Waals surface area contributed by atoms with Crippen LogP contribution >= 0.6 is 11.3 Å². The van der Waals surface area contributed by atoms with Crippen LogP contribution in [0.2, 0.25) is 0 Å². The highest BCUT2D eigenvalue weighted by Crippen LogP contribution is 2.29. The van der Waals surface area contributed by atoms with Gasteiger partial charge in [0.05, 0.1) is 10.7 Å². The predicted molar refractivity (Wildman–Crippen MR) is 109 cm³/mol. The van der Waals surface area contributed by atoms with E-state index in [-0.39, 0.29) is 11.8 Å². The molecule has 1 N–H and O–H groups in total. The van der Waals surface area contributed by atoms with Gasteiger partial charge in [-0.15, -0.1) is 11.3 Å². The van der Waals surface area contributed by atoms with Crippen molar-refractivity contribution < 1.29 is 9.59 Å². The van der Waals surface area contributed by atoms with Crippen LogP contribution in [0.15, 0.2) is 41.8 Å². The maximum absolute atomic E-state index is 12.5. The molecule has 6 heteroatoms. The Morgan fingerprint density at radius 1 is 1.33 bits per heavy atom. The van der Waals surface area contributed by atoms with Gasteiger partial charge in [-0.3, -0.25) is 9.59 Å². The van der Waals surface area contributed by atoms with E-state index in [2.05, 4.69) is 10.7 Å². The molecule has 1 atom stereocenters. The molecule has 0 bridgehead atoms. The van der Waals surface area contributed by atoms with Gasteiger partial charge in [-0.05, 0) is 24.5 Å². The van der Waals surface area contributed by atoms with Crippen molar-refractivity contribution in [1.29, 1.82) is 0 Å². The minimum absolute atomic E-state index is 0.0181. The van der Waals surface area contributed by atoms with Crippen molar-refractivity contribution in [3.05, 3.63) is 58.1 Å². The first-order chi connectivity index (χ1) is 13.1. The van der Waals surface area contributed by atoms with E-state index in [1.54, 1.807) is 17.4 Å². The summed E-state index contributed by atoms with van der Waals surface area (Å²) in [5, 5.41) is 5.96. The number of nitrogens with zero attached hydrogens (tertiary/aromatic N) is 2. The Kier molecular flexibility index (Phi) is 6.76. The van der Waals surface area contributed by atoms with E-state index < -0.39 is 0 Å². The lowest BCUT2D eigenvalue weighted by molar-refractivity contribution is -0.127. The van der Waals surface area contributed by atoms with E-state index in [1.165, 1.54) is 6.92 Å². The summed E-state index contributed by atoms with van der Waals surface area (Å²) in [6, 6.07) is 9.87. The van der Waals surface area contributed by atoms with Crippen LogP contribution in [0.5, 0.6) is 0 Å². The highest BCUT2D eigenvalue weighted by molar-refractivity contribution is 7.09. The summed E-state index contributed by atoms with van der Waals surface area (Å²) < 4.78 is 0. The maximum Gasteiger partial charge on any atom is 0.246 e. The smallest absolute Gasteiger partial charge is 0.246 e. The van der Waals surface area contributed by atoms with Crippen LogP contribution < -0.4 is 5.32 Å². The molecule has 1 aliphatic heterocycles. The lowest BCUT2D eigenvalue weighted by Crippen LogP contribution is -2.38. The monoisotopic (exact) mass is 383 g/mol. The topological polar surface area (TPSA) is 62.3 Å². The molecule has 1 saturated heterocycles. The summed E-state index contributed by atoms with van der Waals surface area (Å²) in [6.45, 7) is 3.65. The van der Waals surface area contributed by atoms with E-state index in [0.717, 1.165) is 48.6 Å². The van der Waals surface area contributed by atoms with Crippen molar-refractivity contribution in [2.45, 2.75) is 32.1 Å². The molecule has 1 aromatic carbocycles. The average Bonchev–Trinajstić information content (AvgIpc) is 3.16. The summed E-state index contributed by atoms with van der Waals surface area (Å²) in [4.78, 5) is 30.2.